The highest BCUT2D eigenvalue weighted by atomic mass is 32.1. The zero-order valence-corrected chi connectivity index (χ0v) is 14.5. The van der Waals surface area contributed by atoms with E-state index in [-0.39, 0.29) is 24.5 Å². The van der Waals surface area contributed by atoms with Crippen molar-refractivity contribution in [2.45, 2.75) is 25.9 Å². The van der Waals surface area contributed by atoms with E-state index in [0.29, 0.717) is 18.0 Å². The third-order valence-electron chi connectivity index (χ3n) is 3.86. The smallest absolute Gasteiger partial charge is 0.220 e. The summed E-state index contributed by atoms with van der Waals surface area (Å²) >= 11 is 1.41. The van der Waals surface area contributed by atoms with Gasteiger partial charge in [-0.25, -0.2) is 0 Å². The van der Waals surface area contributed by atoms with Crippen molar-refractivity contribution < 1.29 is 9.59 Å². The summed E-state index contributed by atoms with van der Waals surface area (Å²) in [5, 5.41) is 8.98. The number of carbonyl (C=O) groups is 2. The fourth-order valence-corrected chi connectivity index (χ4v) is 3.22. The van der Waals surface area contributed by atoms with Crippen LogP contribution in [0.2, 0.25) is 0 Å². The lowest BCUT2D eigenvalue weighted by Gasteiger charge is -2.11. The highest BCUT2D eigenvalue weighted by Gasteiger charge is 2.10. The fourth-order valence-electron chi connectivity index (χ4n) is 2.52. The van der Waals surface area contributed by atoms with Crippen molar-refractivity contribution in [3.8, 4) is 0 Å². The largest absolute Gasteiger partial charge is 0.352 e. The van der Waals surface area contributed by atoms with Gasteiger partial charge in [-0.2, -0.15) is 5.10 Å². The van der Waals surface area contributed by atoms with Crippen LogP contribution in [0.15, 0.2) is 60.2 Å². The van der Waals surface area contributed by atoms with Crippen LogP contribution in [0.4, 0.5) is 0 Å². The Labute approximate surface area is 150 Å². The molecule has 0 saturated heterocycles. The Kier molecular flexibility index (Phi) is 5.74. The van der Waals surface area contributed by atoms with Crippen molar-refractivity contribution in [3.63, 3.8) is 0 Å². The van der Waals surface area contributed by atoms with Gasteiger partial charge in [0.25, 0.3) is 0 Å². The number of rotatable bonds is 8. The molecule has 0 spiro atoms. The highest BCUT2D eigenvalue weighted by Crippen LogP contribution is 2.13. The Bertz CT molecular complexity index is 826. The van der Waals surface area contributed by atoms with E-state index in [1.807, 2.05) is 52.7 Å². The highest BCUT2D eigenvalue weighted by molar-refractivity contribution is 7.12. The number of Topliss-reactive ketones (excluding diaryl/α,β-unsaturated/α-hetero) is 1. The molecule has 0 unspecified atom stereocenters. The summed E-state index contributed by atoms with van der Waals surface area (Å²) in [4.78, 5) is 24.7. The molecule has 0 radical (unpaired) electrons. The first-order chi connectivity index (χ1) is 12.2. The number of nitrogens with zero attached hydrogens (tertiary/aromatic N) is 2. The molecular formula is C19H19N3O2S. The molecular weight excluding hydrogens is 334 g/mol. The van der Waals surface area contributed by atoms with Crippen LogP contribution in [0.25, 0.3) is 0 Å². The van der Waals surface area contributed by atoms with Gasteiger partial charge in [-0.05, 0) is 28.6 Å². The van der Waals surface area contributed by atoms with E-state index in [4.69, 9.17) is 0 Å². The molecule has 1 N–H and O–H groups in total. The van der Waals surface area contributed by atoms with Crippen molar-refractivity contribution >= 4 is 23.0 Å². The number of hydrogen-bond acceptors (Lipinski definition) is 4. The van der Waals surface area contributed by atoms with Gasteiger partial charge in [-0.1, -0.05) is 30.3 Å². The maximum atomic E-state index is 12.0. The first-order valence-corrected chi connectivity index (χ1v) is 8.98. The number of nitrogens with one attached hydrogen (secondary N) is 1. The Morgan fingerprint density at radius 3 is 2.60 bits per heavy atom. The summed E-state index contributed by atoms with van der Waals surface area (Å²) in [6, 6.07) is 13.5. The number of aromatic nitrogens is 2. The van der Waals surface area contributed by atoms with Gasteiger partial charge in [-0.15, -0.1) is 11.3 Å². The molecule has 2 aromatic heterocycles. The number of amides is 1. The molecule has 0 atom stereocenters. The lowest BCUT2D eigenvalue weighted by Crippen LogP contribution is -2.24. The predicted octanol–water partition coefficient (Wildman–Crippen LogP) is 3.27. The van der Waals surface area contributed by atoms with Crippen molar-refractivity contribution in [1.82, 2.24) is 15.1 Å². The van der Waals surface area contributed by atoms with E-state index in [1.165, 1.54) is 11.3 Å². The van der Waals surface area contributed by atoms with Crippen LogP contribution < -0.4 is 5.32 Å². The van der Waals surface area contributed by atoms with Crippen LogP contribution in [-0.4, -0.2) is 21.5 Å². The van der Waals surface area contributed by atoms with E-state index in [9.17, 15) is 9.59 Å². The minimum absolute atomic E-state index is 0.0178. The van der Waals surface area contributed by atoms with Crippen molar-refractivity contribution in [2.75, 3.05) is 0 Å². The summed E-state index contributed by atoms with van der Waals surface area (Å²) in [7, 11) is 0. The number of carbonyl (C=O) groups excluding carboxylic acids is 2. The van der Waals surface area contributed by atoms with Crippen molar-refractivity contribution in [1.29, 1.82) is 0 Å². The third-order valence-corrected chi connectivity index (χ3v) is 4.77. The van der Waals surface area contributed by atoms with E-state index in [2.05, 4.69) is 10.4 Å². The van der Waals surface area contributed by atoms with Gasteiger partial charge >= 0.3 is 0 Å². The second-order valence-corrected chi connectivity index (χ2v) is 6.60. The van der Waals surface area contributed by atoms with Crippen LogP contribution >= 0.6 is 11.3 Å². The molecule has 3 aromatic rings. The zero-order valence-electron chi connectivity index (χ0n) is 13.7. The van der Waals surface area contributed by atoms with Crippen LogP contribution in [-0.2, 0) is 17.9 Å². The van der Waals surface area contributed by atoms with Crippen molar-refractivity contribution in [3.05, 3.63) is 76.2 Å². The lowest BCUT2D eigenvalue weighted by atomic mass is 10.1. The average Bonchev–Trinajstić information content (AvgIpc) is 3.32. The molecule has 0 aliphatic carbocycles. The topological polar surface area (TPSA) is 64.0 Å². The number of ketones is 1. The molecule has 0 saturated carbocycles. The van der Waals surface area contributed by atoms with Gasteiger partial charge in [0.2, 0.25) is 5.91 Å². The Morgan fingerprint density at radius 2 is 1.88 bits per heavy atom. The predicted molar refractivity (Wildman–Crippen MR) is 97.5 cm³/mol. The normalized spacial score (nSPS) is 10.6. The summed E-state index contributed by atoms with van der Waals surface area (Å²) < 4.78 is 1.85. The molecule has 6 heteroatoms. The minimum atomic E-state index is -0.112. The molecule has 1 amide bonds. The van der Waals surface area contributed by atoms with Gasteiger partial charge < -0.3 is 5.32 Å². The van der Waals surface area contributed by atoms with Crippen LogP contribution in [0, 0.1) is 0 Å². The summed E-state index contributed by atoms with van der Waals surface area (Å²) in [5.74, 6) is -0.0944. The SMILES string of the molecule is O=C(CCC(=O)c1cccs1)NCc1ccccc1Cn1cccn1. The van der Waals surface area contributed by atoms with Crippen LogP contribution in [0.3, 0.4) is 0 Å². The second kappa shape index (κ2) is 8.39. The first-order valence-electron chi connectivity index (χ1n) is 8.10. The van der Waals surface area contributed by atoms with E-state index >= 15 is 0 Å². The molecule has 128 valence electrons. The maximum absolute atomic E-state index is 12.0. The van der Waals surface area contributed by atoms with Gasteiger partial charge in [0, 0.05) is 31.8 Å². The van der Waals surface area contributed by atoms with Gasteiger partial charge in [0.1, 0.15) is 0 Å². The lowest BCUT2D eigenvalue weighted by molar-refractivity contribution is -0.121. The van der Waals surface area contributed by atoms with Gasteiger partial charge in [0.15, 0.2) is 5.78 Å². The van der Waals surface area contributed by atoms with Crippen molar-refractivity contribution in [2.24, 2.45) is 0 Å². The molecule has 0 fully saturated rings. The van der Waals surface area contributed by atoms with Gasteiger partial charge in [0.05, 0.1) is 11.4 Å². The standard InChI is InChI=1S/C19H19N3O2S/c23-17(18-7-3-12-25-18)8-9-19(24)20-13-15-5-1-2-6-16(15)14-22-11-4-10-21-22/h1-7,10-12H,8-9,13-14H2,(H,20,24). The summed E-state index contributed by atoms with van der Waals surface area (Å²) in [5.41, 5.74) is 2.16. The third kappa shape index (κ3) is 4.87. The summed E-state index contributed by atoms with van der Waals surface area (Å²) in [6.45, 7) is 1.11. The van der Waals surface area contributed by atoms with E-state index < -0.39 is 0 Å². The van der Waals surface area contributed by atoms with Gasteiger partial charge in [-0.3, -0.25) is 14.3 Å². The molecule has 3 rings (SSSR count). The van der Waals surface area contributed by atoms with E-state index in [0.717, 1.165) is 11.1 Å². The Hall–Kier alpha value is -2.73. The number of thiophene rings is 1. The molecule has 5 nitrogen and oxygen atoms in total. The minimum Gasteiger partial charge on any atom is -0.352 e. The Morgan fingerprint density at radius 1 is 1.04 bits per heavy atom. The molecule has 0 aliphatic heterocycles. The zero-order chi connectivity index (χ0) is 17.5. The van der Waals surface area contributed by atoms with Crippen LogP contribution in [0.5, 0.6) is 0 Å². The van der Waals surface area contributed by atoms with E-state index in [1.54, 1.807) is 12.3 Å². The molecule has 0 aliphatic rings. The average molecular weight is 353 g/mol. The number of hydrogen-bond donors (Lipinski definition) is 1. The fraction of sp³-hybridized carbons (Fsp3) is 0.211. The molecule has 1 aromatic carbocycles. The molecule has 25 heavy (non-hydrogen) atoms. The van der Waals surface area contributed by atoms with Crippen LogP contribution in [0.1, 0.15) is 33.6 Å². The molecule has 0 bridgehead atoms. The first kappa shape index (κ1) is 17.1. The number of benzene rings is 1. The maximum Gasteiger partial charge on any atom is 0.220 e. The molecule has 2 heterocycles. The second-order valence-electron chi connectivity index (χ2n) is 5.65. The Balaban J connectivity index is 1.51. The summed E-state index contributed by atoms with van der Waals surface area (Å²) in [6.07, 6.45) is 4.10. The monoisotopic (exact) mass is 353 g/mol. The quantitative estimate of drug-likeness (QED) is 0.632.